The molecule has 0 spiro atoms. The van der Waals surface area contributed by atoms with Gasteiger partial charge in [0.15, 0.2) is 0 Å². The Labute approximate surface area is 103 Å². The van der Waals surface area contributed by atoms with Gasteiger partial charge in [0, 0.05) is 0 Å². The highest BCUT2D eigenvalue weighted by atomic mass is 16.6. The van der Waals surface area contributed by atoms with E-state index in [1.165, 1.54) is 13.8 Å². The van der Waals surface area contributed by atoms with Crippen molar-refractivity contribution in [3.63, 3.8) is 0 Å². The van der Waals surface area contributed by atoms with E-state index in [0.29, 0.717) is 5.57 Å². The maximum absolute atomic E-state index is 11.8. The van der Waals surface area contributed by atoms with E-state index in [2.05, 4.69) is 6.58 Å². The number of carboxylic acids is 1. The fourth-order valence-corrected chi connectivity index (χ4v) is 1.21. The predicted octanol–water partition coefficient (Wildman–Crippen LogP) is 2.63. The van der Waals surface area contributed by atoms with Crippen molar-refractivity contribution in [2.45, 2.75) is 47.1 Å². The van der Waals surface area contributed by atoms with Crippen LogP contribution in [0, 0.1) is 11.3 Å². The highest BCUT2D eigenvalue weighted by molar-refractivity contribution is 5.82. The summed E-state index contributed by atoms with van der Waals surface area (Å²) in [5.74, 6) is -2.09. The van der Waals surface area contributed by atoms with E-state index in [4.69, 9.17) is 9.84 Å². The summed E-state index contributed by atoms with van der Waals surface area (Å²) >= 11 is 0. The third kappa shape index (κ3) is 4.21. The lowest BCUT2D eigenvalue weighted by Crippen LogP contribution is -2.34. The van der Waals surface area contributed by atoms with Crippen LogP contribution in [0.4, 0.5) is 0 Å². The fraction of sp³-hybridized carbons (Fsp3) is 0.692. The van der Waals surface area contributed by atoms with Crippen LogP contribution in [0.5, 0.6) is 0 Å². The first-order valence-electron chi connectivity index (χ1n) is 5.55. The molecule has 0 saturated heterocycles. The topological polar surface area (TPSA) is 63.6 Å². The van der Waals surface area contributed by atoms with E-state index in [0.717, 1.165) is 0 Å². The Hall–Kier alpha value is -1.32. The van der Waals surface area contributed by atoms with Crippen molar-refractivity contribution in [2.24, 2.45) is 11.3 Å². The van der Waals surface area contributed by atoms with Crippen LogP contribution in [0.15, 0.2) is 12.2 Å². The first kappa shape index (κ1) is 15.7. The normalized spacial score (nSPS) is 14.0. The van der Waals surface area contributed by atoms with Gasteiger partial charge in [0.2, 0.25) is 0 Å². The van der Waals surface area contributed by atoms with Gasteiger partial charge in [-0.25, -0.2) is 0 Å². The van der Waals surface area contributed by atoms with Gasteiger partial charge in [-0.2, -0.15) is 0 Å². The second-order valence-electron chi connectivity index (χ2n) is 5.71. The smallest absolute Gasteiger partial charge is 0.313 e. The van der Waals surface area contributed by atoms with E-state index in [1.807, 2.05) is 0 Å². The van der Waals surface area contributed by atoms with Gasteiger partial charge in [0.25, 0.3) is 0 Å². The molecule has 0 aromatic carbocycles. The van der Waals surface area contributed by atoms with Gasteiger partial charge in [-0.3, -0.25) is 9.59 Å². The molecule has 4 heteroatoms. The van der Waals surface area contributed by atoms with Gasteiger partial charge in [-0.15, -0.1) is 0 Å². The average Bonchev–Trinajstić information content (AvgIpc) is 2.12. The van der Waals surface area contributed by atoms with Crippen molar-refractivity contribution < 1.29 is 19.4 Å². The number of aliphatic carboxylic acids is 1. The Bertz CT molecular complexity index is 334. The summed E-state index contributed by atoms with van der Waals surface area (Å²) < 4.78 is 5.20. The molecular weight excluding hydrogens is 220 g/mol. The summed E-state index contributed by atoms with van der Waals surface area (Å²) in [6, 6.07) is 0. The van der Waals surface area contributed by atoms with Crippen LogP contribution in [0.2, 0.25) is 0 Å². The third-order valence-corrected chi connectivity index (χ3v) is 2.62. The van der Waals surface area contributed by atoms with E-state index < -0.39 is 28.9 Å². The van der Waals surface area contributed by atoms with Crippen LogP contribution in [0.1, 0.15) is 41.5 Å². The van der Waals surface area contributed by atoms with E-state index in [1.54, 1.807) is 27.7 Å². The number of ether oxygens (including phenoxy) is 1. The van der Waals surface area contributed by atoms with Crippen molar-refractivity contribution in [2.75, 3.05) is 0 Å². The minimum Gasteiger partial charge on any atom is -0.481 e. The van der Waals surface area contributed by atoms with Crippen LogP contribution in [0.3, 0.4) is 0 Å². The van der Waals surface area contributed by atoms with Gasteiger partial charge in [-0.1, -0.05) is 6.58 Å². The molecular formula is C13H22O4. The zero-order valence-electron chi connectivity index (χ0n) is 11.5. The maximum atomic E-state index is 11.8. The minimum atomic E-state index is -1.14. The number of carbonyl (C=O) groups is 2. The molecule has 0 radical (unpaired) electrons. The van der Waals surface area contributed by atoms with Crippen LogP contribution >= 0.6 is 0 Å². The molecule has 1 unspecified atom stereocenters. The SMILES string of the molecule is C=C(C(C)C(=O)OC(C)(C)C)C(C)(C)C(=O)O. The molecule has 4 nitrogen and oxygen atoms in total. The Morgan fingerprint density at radius 3 is 1.88 bits per heavy atom. The molecule has 1 atom stereocenters. The molecule has 0 aromatic heterocycles. The number of carboxylic acid groups (broad SMARTS) is 1. The molecule has 1 N–H and O–H groups in total. The minimum absolute atomic E-state index is 0.347. The molecule has 0 bridgehead atoms. The van der Waals surface area contributed by atoms with Gasteiger partial charge < -0.3 is 9.84 Å². The number of hydrogen-bond donors (Lipinski definition) is 1. The molecule has 0 aromatic rings. The highest BCUT2D eigenvalue weighted by Gasteiger charge is 2.37. The molecule has 98 valence electrons. The highest BCUT2D eigenvalue weighted by Crippen LogP contribution is 2.32. The van der Waals surface area contributed by atoms with E-state index >= 15 is 0 Å². The maximum Gasteiger partial charge on any atom is 0.313 e. The van der Waals surface area contributed by atoms with Crippen molar-refractivity contribution >= 4 is 11.9 Å². The quantitative estimate of drug-likeness (QED) is 0.608. The second kappa shape index (κ2) is 4.90. The van der Waals surface area contributed by atoms with Gasteiger partial charge in [0.1, 0.15) is 5.60 Å². The van der Waals surface area contributed by atoms with E-state index in [9.17, 15) is 9.59 Å². The van der Waals surface area contributed by atoms with E-state index in [-0.39, 0.29) is 0 Å². The Kier molecular flexibility index (Phi) is 4.52. The largest absolute Gasteiger partial charge is 0.481 e. The molecule has 0 fully saturated rings. The van der Waals surface area contributed by atoms with Crippen molar-refractivity contribution in [3.05, 3.63) is 12.2 Å². The summed E-state index contributed by atoms with van der Waals surface area (Å²) in [7, 11) is 0. The van der Waals surface area contributed by atoms with Gasteiger partial charge in [-0.05, 0) is 47.1 Å². The lowest BCUT2D eigenvalue weighted by atomic mass is 9.79. The first-order valence-corrected chi connectivity index (χ1v) is 5.55. The lowest BCUT2D eigenvalue weighted by molar-refractivity contribution is -0.158. The number of hydrogen-bond acceptors (Lipinski definition) is 3. The van der Waals surface area contributed by atoms with Crippen LogP contribution in [0.25, 0.3) is 0 Å². The first-order chi connectivity index (χ1) is 7.39. The zero-order chi connectivity index (χ0) is 14.0. The van der Waals surface area contributed by atoms with Crippen molar-refractivity contribution in [3.8, 4) is 0 Å². The van der Waals surface area contributed by atoms with Crippen LogP contribution < -0.4 is 0 Å². The fourth-order valence-electron chi connectivity index (χ4n) is 1.21. The Balaban J connectivity index is 4.84. The standard InChI is InChI=1S/C13H22O4/c1-8(10(14)17-12(3,4)5)9(2)13(6,7)11(15)16/h8H,2H2,1,3-7H3,(H,15,16). The molecule has 0 saturated carbocycles. The molecule has 17 heavy (non-hydrogen) atoms. The second-order valence-corrected chi connectivity index (χ2v) is 5.71. The van der Waals surface area contributed by atoms with Crippen LogP contribution in [-0.2, 0) is 14.3 Å². The molecule has 0 rings (SSSR count). The number of esters is 1. The number of carbonyl (C=O) groups excluding carboxylic acids is 1. The summed E-state index contributed by atoms with van der Waals surface area (Å²) in [6.45, 7) is 13.7. The summed E-state index contributed by atoms with van der Waals surface area (Å²) in [4.78, 5) is 22.9. The van der Waals surface area contributed by atoms with Gasteiger partial charge >= 0.3 is 11.9 Å². The predicted molar refractivity (Wildman–Crippen MR) is 65.6 cm³/mol. The summed E-state index contributed by atoms with van der Waals surface area (Å²) in [5, 5.41) is 9.06. The molecule has 0 aliphatic carbocycles. The van der Waals surface area contributed by atoms with Crippen LogP contribution in [-0.4, -0.2) is 22.6 Å². The average molecular weight is 242 g/mol. The summed E-state index contributed by atoms with van der Waals surface area (Å²) in [5.41, 5.74) is -1.38. The third-order valence-electron chi connectivity index (χ3n) is 2.62. The molecule has 0 amide bonds. The molecule has 0 heterocycles. The Morgan fingerprint density at radius 2 is 1.59 bits per heavy atom. The number of rotatable bonds is 4. The molecule has 0 aliphatic rings. The molecule has 0 aliphatic heterocycles. The van der Waals surface area contributed by atoms with Crippen molar-refractivity contribution in [1.29, 1.82) is 0 Å². The lowest BCUT2D eigenvalue weighted by Gasteiger charge is -2.28. The summed E-state index contributed by atoms with van der Waals surface area (Å²) in [6.07, 6.45) is 0. The van der Waals surface area contributed by atoms with Crippen molar-refractivity contribution in [1.82, 2.24) is 0 Å². The van der Waals surface area contributed by atoms with Gasteiger partial charge in [0.05, 0.1) is 11.3 Å². The Morgan fingerprint density at radius 1 is 1.18 bits per heavy atom. The zero-order valence-corrected chi connectivity index (χ0v) is 11.5. The monoisotopic (exact) mass is 242 g/mol.